The van der Waals surface area contributed by atoms with Crippen molar-refractivity contribution in [1.29, 1.82) is 0 Å². The molecule has 0 aromatic heterocycles. The lowest BCUT2D eigenvalue weighted by molar-refractivity contribution is 0.113. The first kappa shape index (κ1) is 13.0. The number of anilines is 1. The van der Waals surface area contributed by atoms with Gasteiger partial charge in [0.05, 0.1) is 0 Å². The molecule has 1 N–H and O–H groups in total. The van der Waals surface area contributed by atoms with Gasteiger partial charge in [-0.3, -0.25) is 4.90 Å². The Labute approximate surface area is 117 Å². The normalized spacial score (nSPS) is 26.6. The lowest BCUT2D eigenvalue weighted by Crippen LogP contribution is -2.46. The molecule has 1 aromatic carbocycles. The molecule has 2 aliphatic rings. The van der Waals surface area contributed by atoms with E-state index in [0.29, 0.717) is 0 Å². The third-order valence-corrected chi connectivity index (χ3v) is 4.98. The van der Waals surface area contributed by atoms with Crippen LogP contribution in [-0.4, -0.2) is 31.1 Å². The van der Waals surface area contributed by atoms with Crippen LogP contribution in [0.15, 0.2) is 18.2 Å². The quantitative estimate of drug-likeness (QED) is 0.890. The highest BCUT2D eigenvalue weighted by molar-refractivity contribution is 5.56. The van der Waals surface area contributed by atoms with E-state index < -0.39 is 0 Å². The SMILES string of the molecule is CCCN1CCC[C@@H]2c3cccc(NC)c3CC[C@H]21. The molecule has 1 fully saturated rings. The monoisotopic (exact) mass is 258 g/mol. The number of benzene rings is 1. The highest BCUT2D eigenvalue weighted by Gasteiger charge is 2.36. The molecule has 1 aliphatic carbocycles. The van der Waals surface area contributed by atoms with Gasteiger partial charge in [-0.25, -0.2) is 0 Å². The van der Waals surface area contributed by atoms with Gasteiger partial charge in [0.25, 0.3) is 0 Å². The first-order valence-corrected chi connectivity index (χ1v) is 7.88. The van der Waals surface area contributed by atoms with E-state index in [4.69, 9.17) is 0 Å². The molecule has 2 atom stereocenters. The highest BCUT2D eigenvalue weighted by Crippen LogP contribution is 2.42. The Hall–Kier alpha value is -1.02. The molecule has 2 nitrogen and oxygen atoms in total. The van der Waals surface area contributed by atoms with Crippen LogP contribution >= 0.6 is 0 Å². The van der Waals surface area contributed by atoms with Gasteiger partial charge in [-0.2, -0.15) is 0 Å². The number of nitrogens with one attached hydrogen (secondary N) is 1. The van der Waals surface area contributed by atoms with Gasteiger partial charge < -0.3 is 5.32 Å². The molecule has 0 unspecified atom stereocenters. The van der Waals surface area contributed by atoms with E-state index in [0.717, 1.165) is 12.0 Å². The molecule has 19 heavy (non-hydrogen) atoms. The number of fused-ring (bicyclic) bond motifs is 3. The zero-order valence-electron chi connectivity index (χ0n) is 12.3. The highest BCUT2D eigenvalue weighted by atomic mass is 15.2. The van der Waals surface area contributed by atoms with E-state index in [1.807, 2.05) is 7.05 Å². The van der Waals surface area contributed by atoms with Crippen LogP contribution < -0.4 is 5.32 Å². The summed E-state index contributed by atoms with van der Waals surface area (Å²) in [5.41, 5.74) is 4.57. The molecule has 1 heterocycles. The fraction of sp³-hybridized carbons (Fsp3) is 0.647. The minimum Gasteiger partial charge on any atom is -0.388 e. The number of hydrogen-bond acceptors (Lipinski definition) is 2. The maximum Gasteiger partial charge on any atom is 0.0373 e. The van der Waals surface area contributed by atoms with Crippen LogP contribution in [0.25, 0.3) is 0 Å². The van der Waals surface area contributed by atoms with E-state index >= 15 is 0 Å². The van der Waals surface area contributed by atoms with Gasteiger partial charge in [-0.1, -0.05) is 19.1 Å². The summed E-state index contributed by atoms with van der Waals surface area (Å²) in [7, 11) is 2.05. The average molecular weight is 258 g/mol. The molecule has 0 saturated carbocycles. The number of hydrogen-bond donors (Lipinski definition) is 1. The Morgan fingerprint density at radius 3 is 3.00 bits per heavy atom. The summed E-state index contributed by atoms with van der Waals surface area (Å²) >= 11 is 0. The van der Waals surface area contributed by atoms with Crippen LogP contribution in [0.4, 0.5) is 5.69 Å². The van der Waals surface area contributed by atoms with Crippen LogP contribution in [0.1, 0.15) is 49.7 Å². The summed E-state index contributed by atoms with van der Waals surface area (Å²) in [4.78, 5) is 2.75. The van der Waals surface area contributed by atoms with Gasteiger partial charge in [-0.15, -0.1) is 0 Å². The van der Waals surface area contributed by atoms with Crippen LogP contribution in [-0.2, 0) is 6.42 Å². The van der Waals surface area contributed by atoms with Crippen molar-refractivity contribution in [2.24, 2.45) is 0 Å². The Bertz CT molecular complexity index is 439. The minimum absolute atomic E-state index is 0.775. The molecule has 2 heteroatoms. The standard InChI is InChI=1S/C17H26N2/c1-3-11-19-12-5-7-15-13-6-4-8-16(18-2)14(13)9-10-17(15)19/h4,6,8,15,17-18H,3,5,7,9-12H2,1-2H3/t15-,17-/m1/s1. The van der Waals surface area contributed by atoms with Gasteiger partial charge in [0, 0.05) is 18.8 Å². The lowest BCUT2D eigenvalue weighted by atomic mass is 9.74. The fourth-order valence-corrected chi connectivity index (χ4v) is 4.20. The second-order valence-corrected chi connectivity index (χ2v) is 6.01. The number of rotatable bonds is 3. The molecular weight excluding hydrogens is 232 g/mol. The van der Waals surface area contributed by atoms with Crippen molar-refractivity contribution in [1.82, 2.24) is 4.90 Å². The maximum absolute atomic E-state index is 3.37. The molecular formula is C17H26N2. The maximum atomic E-state index is 3.37. The summed E-state index contributed by atoms with van der Waals surface area (Å²) < 4.78 is 0. The minimum atomic E-state index is 0.775. The summed E-state index contributed by atoms with van der Waals surface area (Å²) in [6.45, 7) is 4.90. The van der Waals surface area contributed by atoms with Crippen molar-refractivity contribution in [3.63, 3.8) is 0 Å². The van der Waals surface area contributed by atoms with Crippen molar-refractivity contribution < 1.29 is 0 Å². The number of likely N-dealkylation sites (tertiary alicyclic amines) is 1. The molecule has 0 radical (unpaired) electrons. The molecule has 1 aliphatic heterocycles. The second-order valence-electron chi connectivity index (χ2n) is 6.01. The van der Waals surface area contributed by atoms with Gasteiger partial charge in [0.1, 0.15) is 0 Å². The average Bonchev–Trinajstić information content (AvgIpc) is 2.47. The molecule has 104 valence electrons. The molecule has 0 amide bonds. The Morgan fingerprint density at radius 1 is 1.32 bits per heavy atom. The predicted octanol–water partition coefficient (Wildman–Crippen LogP) is 3.63. The van der Waals surface area contributed by atoms with Gasteiger partial charge >= 0.3 is 0 Å². The van der Waals surface area contributed by atoms with E-state index in [9.17, 15) is 0 Å². The van der Waals surface area contributed by atoms with E-state index in [1.165, 1.54) is 50.9 Å². The van der Waals surface area contributed by atoms with Gasteiger partial charge in [0.2, 0.25) is 0 Å². The summed E-state index contributed by atoms with van der Waals surface area (Å²) in [6, 6.07) is 7.63. The Morgan fingerprint density at radius 2 is 2.21 bits per heavy atom. The first-order valence-electron chi connectivity index (χ1n) is 7.88. The van der Waals surface area contributed by atoms with E-state index in [-0.39, 0.29) is 0 Å². The number of piperidine rings is 1. The fourth-order valence-electron chi connectivity index (χ4n) is 4.20. The smallest absolute Gasteiger partial charge is 0.0373 e. The van der Waals surface area contributed by atoms with Crippen molar-refractivity contribution in [3.05, 3.63) is 29.3 Å². The molecule has 1 aromatic rings. The van der Waals surface area contributed by atoms with Crippen molar-refractivity contribution in [2.45, 2.75) is 51.0 Å². The second kappa shape index (κ2) is 5.54. The van der Waals surface area contributed by atoms with E-state index in [2.05, 4.69) is 35.3 Å². The Kier molecular flexibility index (Phi) is 3.79. The molecule has 0 spiro atoms. The van der Waals surface area contributed by atoms with Crippen molar-refractivity contribution in [2.75, 3.05) is 25.5 Å². The molecule has 0 bridgehead atoms. The summed E-state index contributed by atoms with van der Waals surface area (Å²) in [5.74, 6) is 0.775. The van der Waals surface area contributed by atoms with Gasteiger partial charge in [0.15, 0.2) is 0 Å². The van der Waals surface area contributed by atoms with Gasteiger partial charge in [-0.05, 0) is 68.3 Å². The zero-order chi connectivity index (χ0) is 13.2. The van der Waals surface area contributed by atoms with Crippen LogP contribution in [0, 0.1) is 0 Å². The Balaban J connectivity index is 1.92. The first-order chi connectivity index (χ1) is 9.35. The van der Waals surface area contributed by atoms with Crippen LogP contribution in [0.2, 0.25) is 0 Å². The third kappa shape index (κ3) is 2.27. The van der Waals surface area contributed by atoms with Crippen molar-refractivity contribution in [3.8, 4) is 0 Å². The van der Waals surface area contributed by atoms with E-state index in [1.54, 1.807) is 11.1 Å². The van der Waals surface area contributed by atoms with Crippen LogP contribution in [0.5, 0.6) is 0 Å². The zero-order valence-corrected chi connectivity index (χ0v) is 12.3. The lowest BCUT2D eigenvalue weighted by Gasteiger charge is -2.45. The van der Waals surface area contributed by atoms with Crippen LogP contribution in [0.3, 0.4) is 0 Å². The third-order valence-electron chi connectivity index (χ3n) is 4.98. The summed E-state index contributed by atoms with van der Waals surface area (Å²) in [5, 5.41) is 3.37. The topological polar surface area (TPSA) is 15.3 Å². The largest absolute Gasteiger partial charge is 0.388 e. The molecule has 1 saturated heterocycles. The molecule has 3 rings (SSSR count). The van der Waals surface area contributed by atoms with Crippen molar-refractivity contribution >= 4 is 5.69 Å². The predicted molar refractivity (Wildman–Crippen MR) is 81.9 cm³/mol. The number of nitrogens with zero attached hydrogens (tertiary/aromatic N) is 1. The summed E-state index contributed by atoms with van der Waals surface area (Å²) in [6.07, 6.45) is 6.62.